The van der Waals surface area contributed by atoms with Crippen LogP contribution < -0.4 is 5.56 Å². The first-order valence-corrected chi connectivity index (χ1v) is 7.59. The van der Waals surface area contributed by atoms with E-state index in [1.54, 1.807) is 11.3 Å². The summed E-state index contributed by atoms with van der Waals surface area (Å²) in [4.78, 5) is 13.6. The van der Waals surface area contributed by atoms with E-state index in [0.717, 1.165) is 22.6 Å². The first-order chi connectivity index (χ1) is 8.69. The third-order valence-electron chi connectivity index (χ3n) is 3.17. The Hall–Kier alpha value is -1.00. The van der Waals surface area contributed by atoms with E-state index in [1.807, 2.05) is 28.1 Å². The lowest BCUT2D eigenvalue weighted by Crippen LogP contribution is -2.26. The normalized spacial score (nSPS) is 12.6. The molecule has 18 heavy (non-hydrogen) atoms. The van der Waals surface area contributed by atoms with Gasteiger partial charge >= 0.3 is 0 Å². The zero-order valence-electron chi connectivity index (χ0n) is 10.6. The molecule has 0 aliphatic heterocycles. The molecule has 2 aromatic heterocycles. The molecule has 0 aliphatic rings. The van der Waals surface area contributed by atoms with Gasteiger partial charge < -0.3 is 4.57 Å². The molecule has 0 N–H and O–H groups in total. The Morgan fingerprint density at radius 2 is 2.17 bits per heavy atom. The van der Waals surface area contributed by atoms with Gasteiger partial charge in [0, 0.05) is 17.4 Å². The van der Waals surface area contributed by atoms with Crippen molar-refractivity contribution in [2.75, 3.05) is 0 Å². The molecule has 2 aromatic rings. The van der Waals surface area contributed by atoms with Gasteiger partial charge in [-0.2, -0.15) is 12.6 Å². The van der Waals surface area contributed by atoms with Crippen LogP contribution in [0, 0.1) is 0 Å². The van der Waals surface area contributed by atoms with E-state index in [0.29, 0.717) is 5.75 Å². The summed E-state index contributed by atoms with van der Waals surface area (Å²) in [6.07, 6.45) is 0.939. The van der Waals surface area contributed by atoms with Crippen LogP contribution in [0.2, 0.25) is 0 Å². The summed E-state index contributed by atoms with van der Waals surface area (Å²) in [6, 6.07) is 8.19. The van der Waals surface area contributed by atoms with Crippen molar-refractivity contribution in [3.05, 3.63) is 45.6 Å². The molecule has 2 nitrogen and oxygen atoms in total. The molecule has 0 saturated carbocycles. The highest BCUT2D eigenvalue weighted by Crippen LogP contribution is 2.26. The third-order valence-corrected chi connectivity index (χ3v) is 4.40. The fourth-order valence-electron chi connectivity index (χ4n) is 1.96. The molecule has 2 heterocycles. The van der Waals surface area contributed by atoms with Gasteiger partial charge in [0.05, 0.1) is 10.6 Å². The predicted molar refractivity (Wildman–Crippen MR) is 81.7 cm³/mol. The van der Waals surface area contributed by atoms with Crippen molar-refractivity contribution in [3.63, 3.8) is 0 Å². The maximum atomic E-state index is 12.4. The van der Waals surface area contributed by atoms with Crippen molar-refractivity contribution in [2.24, 2.45) is 0 Å². The van der Waals surface area contributed by atoms with Crippen molar-refractivity contribution < 1.29 is 0 Å². The molecule has 1 atom stereocenters. The molecule has 4 heteroatoms. The van der Waals surface area contributed by atoms with Crippen LogP contribution in [0.1, 0.15) is 31.9 Å². The van der Waals surface area contributed by atoms with E-state index in [-0.39, 0.29) is 11.6 Å². The lowest BCUT2D eigenvalue weighted by Gasteiger charge is -2.18. The quantitative estimate of drug-likeness (QED) is 0.840. The second-order valence-corrected chi connectivity index (χ2v) is 5.58. The summed E-state index contributed by atoms with van der Waals surface area (Å²) in [5, 5.41) is 2.04. The van der Waals surface area contributed by atoms with Crippen LogP contribution in [0.15, 0.2) is 34.4 Å². The van der Waals surface area contributed by atoms with Crippen LogP contribution in [0.4, 0.5) is 0 Å². The van der Waals surface area contributed by atoms with Crippen LogP contribution in [-0.2, 0) is 5.75 Å². The number of thiol groups is 1. The minimum atomic E-state index is 0.0882. The van der Waals surface area contributed by atoms with Crippen molar-refractivity contribution in [3.8, 4) is 10.6 Å². The molecular weight excluding hydrogens is 262 g/mol. The lowest BCUT2D eigenvalue weighted by molar-refractivity contribution is 0.518. The van der Waals surface area contributed by atoms with Gasteiger partial charge in [0.2, 0.25) is 0 Å². The Balaban J connectivity index is 2.67. The van der Waals surface area contributed by atoms with Crippen LogP contribution in [0.5, 0.6) is 0 Å². The molecule has 0 fully saturated rings. The van der Waals surface area contributed by atoms with Crippen LogP contribution >= 0.6 is 24.0 Å². The van der Waals surface area contributed by atoms with Gasteiger partial charge in [-0.3, -0.25) is 4.79 Å². The molecule has 0 amide bonds. The minimum Gasteiger partial charge on any atom is -0.304 e. The van der Waals surface area contributed by atoms with Gasteiger partial charge in [0.25, 0.3) is 5.56 Å². The van der Waals surface area contributed by atoms with E-state index in [1.165, 1.54) is 0 Å². The standard InChI is InChI=1S/C14H17NOS2/c1-3-10(2)15-12(13-5-4-8-18-13)7-6-11(9-17)14(15)16/h4-8,10,17H,3,9H2,1-2H3. The molecule has 0 bridgehead atoms. The fraction of sp³-hybridized carbons (Fsp3) is 0.357. The van der Waals surface area contributed by atoms with Gasteiger partial charge in [-0.15, -0.1) is 11.3 Å². The lowest BCUT2D eigenvalue weighted by atomic mass is 10.1. The van der Waals surface area contributed by atoms with E-state index in [9.17, 15) is 4.79 Å². The zero-order valence-corrected chi connectivity index (χ0v) is 12.3. The first kappa shape index (κ1) is 13.4. The second-order valence-electron chi connectivity index (χ2n) is 4.31. The van der Waals surface area contributed by atoms with Crippen molar-refractivity contribution in [2.45, 2.75) is 32.1 Å². The average Bonchev–Trinajstić information content (AvgIpc) is 2.91. The summed E-state index contributed by atoms with van der Waals surface area (Å²) in [5.74, 6) is 0.486. The Morgan fingerprint density at radius 3 is 2.72 bits per heavy atom. The Kier molecular flexibility index (Phi) is 4.30. The molecular formula is C14H17NOS2. The minimum absolute atomic E-state index is 0.0882. The van der Waals surface area contributed by atoms with Crippen LogP contribution in [0.25, 0.3) is 10.6 Å². The molecule has 0 aliphatic carbocycles. The Labute approximate surface area is 117 Å². The topological polar surface area (TPSA) is 22.0 Å². The van der Waals surface area contributed by atoms with Crippen molar-refractivity contribution >= 4 is 24.0 Å². The first-order valence-electron chi connectivity index (χ1n) is 6.08. The van der Waals surface area contributed by atoms with Gasteiger partial charge in [-0.25, -0.2) is 0 Å². The van der Waals surface area contributed by atoms with Gasteiger partial charge in [-0.1, -0.05) is 19.1 Å². The SMILES string of the molecule is CCC(C)n1c(-c2cccs2)ccc(CS)c1=O. The summed E-state index contributed by atoms with van der Waals surface area (Å²) in [5.41, 5.74) is 1.86. The van der Waals surface area contributed by atoms with Gasteiger partial charge in [0.1, 0.15) is 0 Å². The smallest absolute Gasteiger partial charge is 0.255 e. The molecule has 2 rings (SSSR count). The number of hydrogen-bond donors (Lipinski definition) is 1. The Morgan fingerprint density at radius 1 is 1.39 bits per heavy atom. The van der Waals surface area contributed by atoms with E-state index >= 15 is 0 Å². The third kappa shape index (κ3) is 2.40. The van der Waals surface area contributed by atoms with Crippen LogP contribution in [0.3, 0.4) is 0 Å². The van der Waals surface area contributed by atoms with Gasteiger partial charge in [0.15, 0.2) is 0 Å². The molecule has 0 radical (unpaired) electrons. The average molecular weight is 279 g/mol. The largest absolute Gasteiger partial charge is 0.304 e. The second kappa shape index (κ2) is 5.76. The number of aromatic nitrogens is 1. The maximum absolute atomic E-state index is 12.4. The molecule has 0 spiro atoms. The number of rotatable bonds is 4. The summed E-state index contributed by atoms with van der Waals surface area (Å²) in [6.45, 7) is 4.18. The highest BCUT2D eigenvalue weighted by Gasteiger charge is 2.14. The number of hydrogen-bond acceptors (Lipinski definition) is 3. The molecule has 0 aromatic carbocycles. The monoisotopic (exact) mass is 279 g/mol. The van der Waals surface area contributed by atoms with Crippen molar-refractivity contribution in [1.82, 2.24) is 4.57 Å². The predicted octanol–water partition coefficient (Wildman–Crippen LogP) is 3.98. The summed E-state index contributed by atoms with van der Waals surface area (Å²) < 4.78 is 1.90. The Bertz CT molecular complexity index is 572. The van der Waals surface area contributed by atoms with Gasteiger partial charge in [-0.05, 0) is 30.9 Å². The summed E-state index contributed by atoms with van der Waals surface area (Å²) in [7, 11) is 0. The molecule has 1 unspecified atom stereocenters. The molecule has 96 valence electrons. The zero-order chi connectivity index (χ0) is 13.1. The van der Waals surface area contributed by atoms with Crippen LogP contribution in [-0.4, -0.2) is 4.57 Å². The van der Waals surface area contributed by atoms with Crippen molar-refractivity contribution in [1.29, 1.82) is 0 Å². The highest BCUT2D eigenvalue weighted by molar-refractivity contribution is 7.79. The number of pyridine rings is 1. The maximum Gasteiger partial charge on any atom is 0.255 e. The fourth-order valence-corrected chi connectivity index (χ4v) is 2.95. The number of nitrogens with zero attached hydrogens (tertiary/aromatic N) is 1. The number of thiophene rings is 1. The van der Waals surface area contributed by atoms with E-state index < -0.39 is 0 Å². The van der Waals surface area contributed by atoms with E-state index in [4.69, 9.17) is 0 Å². The summed E-state index contributed by atoms with van der Waals surface area (Å²) >= 11 is 5.88. The van der Waals surface area contributed by atoms with E-state index in [2.05, 4.69) is 32.5 Å². The highest BCUT2D eigenvalue weighted by atomic mass is 32.1. The molecule has 0 saturated heterocycles.